The Morgan fingerprint density at radius 3 is 2.11 bits per heavy atom. The van der Waals surface area contributed by atoms with Gasteiger partial charge in [0.2, 0.25) is 0 Å². The number of carboxylic acid groups (broad SMARTS) is 1. The standard InChI is InChI=1S/C15H12O4/c16-14(17)9-18-15-10-5-1-3-7-12(10)19-13-8-4-2-6-11(13)15/h1-8,15H,9H2,(H,16,17). The van der Waals surface area contributed by atoms with Gasteiger partial charge >= 0.3 is 5.97 Å². The lowest BCUT2D eigenvalue weighted by molar-refractivity contribution is -0.143. The monoisotopic (exact) mass is 256 g/mol. The van der Waals surface area contributed by atoms with Gasteiger partial charge in [0.1, 0.15) is 24.2 Å². The van der Waals surface area contributed by atoms with Gasteiger partial charge in [-0.25, -0.2) is 4.79 Å². The molecule has 4 nitrogen and oxygen atoms in total. The van der Waals surface area contributed by atoms with Crippen LogP contribution in [0.15, 0.2) is 48.5 Å². The Labute approximate surface area is 110 Å². The van der Waals surface area contributed by atoms with Crippen molar-refractivity contribution >= 4 is 5.97 Å². The minimum atomic E-state index is -0.985. The van der Waals surface area contributed by atoms with Crippen LogP contribution in [0.25, 0.3) is 0 Å². The predicted octanol–water partition coefficient (Wildman–Crippen LogP) is 2.98. The number of hydrogen-bond donors (Lipinski definition) is 1. The summed E-state index contributed by atoms with van der Waals surface area (Å²) in [6.07, 6.45) is -0.405. The topological polar surface area (TPSA) is 55.8 Å². The van der Waals surface area contributed by atoms with E-state index >= 15 is 0 Å². The maximum atomic E-state index is 10.7. The van der Waals surface area contributed by atoms with Crippen molar-refractivity contribution in [2.24, 2.45) is 0 Å². The number of aliphatic carboxylic acids is 1. The number of fused-ring (bicyclic) bond motifs is 2. The van der Waals surface area contributed by atoms with Crippen LogP contribution in [0.5, 0.6) is 11.5 Å². The van der Waals surface area contributed by atoms with Gasteiger partial charge in [-0.3, -0.25) is 0 Å². The van der Waals surface area contributed by atoms with Crippen molar-refractivity contribution in [3.8, 4) is 11.5 Å². The zero-order valence-electron chi connectivity index (χ0n) is 10.1. The van der Waals surface area contributed by atoms with Crippen LogP contribution in [0.3, 0.4) is 0 Å². The molecule has 0 amide bonds. The first kappa shape index (κ1) is 11.7. The average Bonchev–Trinajstić information content (AvgIpc) is 2.43. The van der Waals surface area contributed by atoms with E-state index < -0.39 is 12.1 Å². The van der Waals surface area contributed by atoms with Crippen molar-refractivity contribution in [1.82, 2.24) is 0 Å². The number of carbonyl (C=O) groups is 1. The summed E-state index contributed by atoms with van der Waals surface area (Å²) in [7, 11) is 0. The number of carboxylic acids is 1. The summed E-state index contributed by atoms with van der Waals surface area (Å²) in [5.74, 6) is 0.426. The highest BCUT2D eigenvalue weighted by Crippen LogP contribution is 2.44. The van der Waals surface area contributed by atoms with Gasteiger partial charge < -0.3 is 14.6 Å². The highest BCUT2D eigenvalue weighted by Gasteiger charge is 2.27. The third kappa shape index (κ3) is 2.18. The van der Waals surface area contributed by atoms with Gasteiger partial charge in [-0.15, -0.1) is 0 Å². The Morgan fingerprint density at radius 2 is 1.58 bits per heavy atom. The molecule has 2 aromatic rings. The number of ether oxygens (including phenoxy) is 2. The summed E-state index contributed by atoms with van der Waals surface area (Å²) in [6.45, 7) is -0.340. The number of hydrogen-bond acceptors (Lipinski definition) is 3. The largest absolute Gasteiger partial charge is 0.480 e. The summed E-state index contributed by atoms with van der Waals surface area (Å²) in [4.78, 5) is 10.7. The van der Waals surface area contributed by atoms with Crippen molar-refractivity contribution in [2.75, 3.05) is 6.61 Å². The Balaban J connectivity index is 2.03. The molecule has 1 heterocycles. The van der Waals surface area contributed by atoms with Crippen LogP contribution in [0.4, 0.5) is 0 Å². The van der Waals surface area contributed by atoms with Crippen LogP contribution >= 0.6 is 0 Å². The first-order valence-electron chi connectivity index (χ1n) is 5.95. The third-order valence-electron chi connectivity index (χ3n) is 3.00. The molecule has 0 atom stereocenters. The summed E-state index contributed by atoms with van der Waals surface area (Å²) in [5.41, 5.74) is 1.70. The normalized spacial score (nSPS) is 13.3. The Bertz CT molecular complexity index is 576. The van der Waals surface area contributed by atoms with Gasteiger partial charge in [0, 0.05) is 11.1 Å². The molecule has 4 heteroatoms. The zero-order valence-corrected chi connectivity index (χ0v) is 10.1. The van der Waals surface area contributed by atoms with Gasteiger partial charge in [-0.1, -0.05) is 36.4 Å². The smallest absolute Gasteiger partial charge is 0.329 e. The molecule has 0 saturated carbocycles. The highest BCUT2D eigenvalue weighted by molar-refractivity contribution is 5.68. The van der Waals surface area contributed by atoms with E-state index in [1.165, 1.54) is 0 Å². The maximum absolute atomic E-state index is 10.7. The second kappa shape index (κ2) is 4.74. The van der Waals surface area contributed by atoms with E-state index in [0.29, 0.717) is 11.5 Å². The van der Waals surface area contributed by atoms with Gasteiger partial charge in [-0.2, -0.15) is 0 Å². The summed E-state index contributed by atoms with van der Waals surface area (Å²) in [5, 5.41) is 8.78. The molecule has 1 aliphatic heterocycles. The molecule has 1 aliphatic rings. The van der Waals surface area contributed by atoms with E-state index in [2.05, 4.69) is 0 Å². The molecule has 0 aromatic heterocycles. The first-order chi connectivity index (χ1) is 9.25. The molecule has 3 rings (SSSR count). The lowest BCUT2D eigenvalue weighted by Crippen LogP contribution is -2.17. The van der Waals surface area contributed by atoms with Crippen LogP contribution < -0.4 is 4.74 Å². The Morgan fingerprint density at radius 1 is 1.05 bits per heavy atom. The van der Waals surface area contributed by atoms with Crippen molar-refractivity contribution in [3.05, 3.63) is 59.7 Å². The van der Waals surface area contributed by atoms with Crippen molar-refractivity contribution in [3.63, 3.8) is 0 Å². The van der Waals surface area contributed by atoms with Crippen LogP contribution in [0.1, 0.15) is 17.2 Å². The van der Waals surface area contributed by atoms with Crippen molar-refractivity contribution < 1.29 is 19.4 Å². The quantitative estimate of drug-likeness (QED) is 0.917. The fraction of sp³-hybridized carbons (Fsp3) is 0.133. The molecule has 0 radical (unpaired) electrons. The van der Waals surface area contributed by atoms with Crippen molar-refractivity contribution in [2.45, 2.75) is 6.10 Å². The van der Waals surface area contributed by atoms with E-state index in [1.54, 1.807) is 0 Å². The molecule has 96 valence electrons. The molecule has 0 spiro atoms. The molecule has 0 aliphatic carbocycles. The molecule has 0 saturated heterocycles. The lowest BCUT2D eigenvalue weighted by atomic mass is 9.97. The second-order valence-corrected chi connectivity index (χ2v) is 4.26. The molecular weight excluding hydrogens is 244 g/mol. The molecule has 0 bridgehead atoms. The highest BCUT2D eigenvalue weighted by atomic mass is 16.5. The van der Waals surface area contributed by atoms with E-state index in [9.17, 15) is 4.79 Å². The molecule has 0 unspecified atom stereocenters. The second-order valence-electron chi connectivity index (χ2n) is 4.26. The Hall–Kier alpha value is -2.33. The fourth-order valence-electron chi connectivity index (χ4n) is 2.20. The minimum Gasteiger partial charge on any atom is -0.480 e. The number of rotatable bonds is 3. The summed E-state index contributed by atoms with van der Waals surface area (Å²) in [6, 6.07) is 15.0. The first-order valence-corrected chi connectivity index (χ1v) is 5.95. The molecule has 19 heavy (non-hydrogen) atoms. The van der Waals surface area contributed by atoms with Crippen LogP contribution in [0, 0.1) is 0 Å². The van der Waals surface area contributed by atoms with Gasteiger partial charge in [0.05, 0.1) is 0 Å². The van der Waals surface area contributed by atoms with E-state index in [4.69, 9.17) is 14.6 Å². The summed E-state index contributed by atoms with van der Waals surface area (Å²) < 4.78 is 11.3. The summed E-state index contributed by atoms with van der Waals surface area (Å²) >= 11 is 0. The van der Waals surface area contributed by atoms with Gasteiger partial charge in [0.25, 0.3) is 0 Å². The van der Waals surface area contributed by atoms with Crippen LogP contribution in [0.2, 0.25) is 0 Å². The average molecular weight is 256 g/mol. The minimum absolute atomic E-state index is 0.340. The van der Waals surface area contributed by atoms with E-state index in [0.717, 1.165) is 11.1 Å². The number of benzene rings is 2. The van der Waals surface area contributed by atoms with Crippen LogP contribution in [-0.2, 0) is 9.53 Å². The predicted molar refractivity (Wildman–Crippen MR) is 68.4 cm³/mol. The molecule has 0 fully saturated rings. The molecular formula is C15H12O4. The van der Waals surface area contributed by atoms with Gasteiger partial charge in [0.15, 0.2) is 0 Å². The molecule has 2 aromatic carbocycles. The SMILES string of the molecule is O=C(O)COC1c2ccccc2Oc2ccccc21. The Kier molecular flexibility index (Phi) is 2.93. The maximum Gasteiger partial charge on any atom is 0.329 e. The lowest BCUT2D eigenvalue weighted by Gasteiger charge is -2.27. The van der Waals surface area contributed by atoms with E-state index in [1.807, 2.05) is 48.5 Å². The fourth-order valence-corrected chi connectivity index (χ4v) is 2.20. The molecule has 1 N–H and O–H groups in total. The third-order valence-corrected chi connectivity index (χ3v) is 3.00. The zero-order chi connectivity index (χ0) is 13.2. The van der Waals surface area contributed by atoms with E-state index in [-0.39, 0.29) is 6.61 Å². The van der Waals surface area contributed by atoms with Gasteiger partial charge in [-0.05, 0) is 12.1 Å². The van der Waals surface area contributed by atoms with Crippen LogP contribution in [-0.4, -0.2) is 17.7 Å². The number of para-hydroxylation sites is 2. The van der Waals surface area contributed by atoms with Crippen molar-refractivity contribution in [1.29, 1.82) is 0 Å².